The minimum Gasteiger partial charge on any atom is -0.462 e. The molecule has 10 heteroatoms. The molecule has 0 heterocycles. The molecule has 0 spiro atoms. The Hall–Kier alpha value is -3.33. The van der Waals surface area contributed by atoms with Gasteiger partial charge in [0, 0.05) is 12.8 Å². The van der Waals surface area contributed by atoms with Crippen LogP contribution in [-0.4, -0.2) is 74.9 Å². The number of nitrogens with zero attached hydrogens (tertiary/aromatic N) is 1. The first-order chi connectivity index (χ1) is 37.0. The summed E-state index contributed by atoms with van der Waals surface area (Å²) >= 11 is 0. The Morgan fingerprint density at radius 3 is 1.12 bits per heavy atom. The molecule has 0 bridgehead atoms. The first-order valence-electron chi connectivity index (χ1n) is 30.6. The van der Waals surface area contributed by atoms with Gasteiger partial charge in [0.25, 0.3) is 0 Å². The Kier molecular flexibility index (Phi) is 53.9. The SMILES string of the molecule is CC/C=C\C/C=C\C/C=C\C/C=C\C/C=C\C/C=C\C/C=C\CCCCCCCCCCCCCC(=O)OC(COC(=O)CCCCCCCCCCC/C=C\C/C=C\CCCCC)COP(=O)(O)OCC[N+](C)(C)C. The molecule has 0 aliphatic heterocycles. The number of phosphoric ester groups is 1. The van der Waals surface area contributed by atoms with E-state index in [0.29, 0.717) is 17.4 Å². The van der Waals surface area contributed by atoms with Gasteiger partial charge in [-0.05, 0) is 103 Å². The van der Waals surface area contributed by atoms with E-state index in [1.807, 2.05) is 21.1 Å². The molecule has 0 aliphatic carbocycles. The van der Waals surface area contributed by atoms with Crippen LogP contribution in [0.2, 0.25) is 0 Å². The number of carbonyl (C=O) groups is 2. The predicted molar refractivity (Wildman–Crippen MR) is 325 cm³/mol. The number of allylic oxidation sites excluding steroid dienone is 18. The van der Waals surface area contributed by atoms with Gasteiger partial charge in [-0.1, -0.05) is 239 Å². The zero-order valence-corrected chi connectivity index (χ0v) is 50.3. The maximum atomic E-state index is 12.8. The summed E-state index contributed by atoms with van der Waals surface area (Å²) in [7, 11) is 1.46. The van der Waals surface area contributed by atoms with Crippen molar-refractivity contribution < 1.29 is 42.1 Å². The number of ether oxygens (including phenoxy) is 2. The van der Waals surface area contributed by atoms with Crippen LogP contribution >= 0.6 is 7.82 Å². The lowest BCUT2D eigenvalue weighted by Crippen LogP contribution is -2.37. The number of quaternary nitrogens is 1. The molecule has 76 heavy (non-hydrogen) atoms. The average molecular weight is 1080 g/mol. The van der Waals surface area contributed by atoms with Crippen LogP contribution in [0.15, 0.2) is 109 Å². The van der Waals surface area contributed by atoms with Crippen molar-refractivity contribution in [3.63, 3.8) is 0 Å². The number of phosphoric acid groups is 1. The smallest absolute Gasteiger partial charge is 0.462 e. The van der Waals surface area contributed by atoms with E-state index >= 15 is 0 Å². The van der Waals surface area contributed by atoms with Crippen LogP contribution in [-0.2, 0) is 32.7 Å². The summed E-state index contributed by atoms with van der Waals surface area (Å²) in [6.07, 6.45) is 78.7. The van der Waals surface area contributed by atoms with Crippen LogP contribution < -0.4 is 0 Å². The number of hydrogen-bond acceptors (Lipinski definition) is 7. The van der Waals surface area contributed by atoms with E-state index in [1.165, 1.54) is 116 Å². The van der Waals surface area contributed by atoms with Crippen LogP contribution in [0, 0.1) is 0 Å². The van der Waals surface area contributed by atoms with Gasteiger partial charge in [0.1, 0.15) is 19.8 Å². The predicted octanol–water partition coefficient (Wildman–Crippen LogP) is 19.4. The zero-order valence-electron chi connectivity index (χ0n) is 49.5. The molecular weight excluding hydrogens is 966 g/mol. The standard InChI is InChI=1S/C66H114NO8P/c1-6-8-10-12-14-16-18-20-22-24-26-27-28-29-30-31-32-33-34-35-36-37-38-39-41-43-45-47-49-51-53-55-57-59-66(69)75-64(63-74-76(70,71)73-61-60-67(3,4)5)62-72-65(68)58-56-54-52-50-48-46-44-42-40-25-23-21-19-17-15-13-11-9-7-2/h8,10,14-17,20-23,26-27,29-30,32-33,35-36,64H,6-7,9,11-13,18-19,24-25,28,31,34,37-63H2,1-5H3/p+1/b10-8-,16-14-,17-15-,22-20-,23-21-,27-26-,30-29-,33-32-,36-35-. The first kappa shape index (κ1) is 72.7. The van der Waals surface area contributed by atoms with Crippen molar-refractivity contribution in [3.05, 3.63) is 109 Å². The Balaban J connectivity index is 4.14. The van der Waals surface area contributed by atoms with Crippen molar-refractivity contribution in [1.82, 2.24) is 0 Å². The minimum atomic E-state index is -4.39. The van der Waals surface area contributed by atoms with Crippen LogP contribution in [0.25, 0.3) is 0 Å². The molecule has 2 unspecified atom stereocenters. The monoisotopic (exact) mass is 1080 g/mol. The van der Waals surface area contributed by atoms with E-state index in [0.717, 1.165) is 96.3 Å². The van der Waals surface area contributed by atoms with Gasteiger partial charge in [-0.15, -0.1) is 0 Å². The van der Waals surface area contributed by atoms with Crippen molar-refractivity contribution in [2.24, 2.45) is 0 Å². The van der Waals surface area contributed by atoms with Crippen molar-refractivity contribution in [2.75, 3.05) is 47.5 Å². The fourth-order valence-electron chi connectivity index (χ4n) is 8.08. The highest BCUT2D eigenvalue weighted by Gasteiger charge is 2.27. The number of likely N-dealkylation sites (N-methyl/N-ethyl adjacent to an activating group) is 1. The summed E-state index contributed by atoms with van der Waals surface area (Å²) in [5.41, 5.74) is 0. The maximum absolute atomic E-state index is 12.8. The summed E-state index contributed by atoms with van der Waals surface area (Å²) in [4.78, 5) is 35.7. The topological polar surface area (TPSA) is 108 Å². The van der Waals surface area contributed by atoms with Crippen molar-refractivity contribution in [3.8, 4) is 0 Å². The lowest BCUT2D eigenvalue weighted by Gasteiger charge is -2.24. The molecule has 0 radical (unpaired) electrons. The lowest BCUT2D eigenvalue weighted by molar-refractivity contribution is -0.870. The fourth-order valence-corrected chi connectivity index (χ4v) is 8.83. The van der Waals surface area contributed by atoms with Gasteiger partial charge in [-0.25, -0.2) is 4.57 Å². The van der Waals surface area contributed by atoms with Crippen LogP contribution in [0.1, 0.15) is 245 Å². The summed E-state index contributed by atoms with van der Waals surface area (Å²) in [5.74, 6) is -0.807. The number of unbranched alkanes of at least 4 members (excludes halogenated alkanes) is 23. The van der Waals surface area contributed by atoms with E-state index in [4.69, 9.17) is 18.5 Å². The van der Waals surface area contributed by atoms with Gasteiger partial charge < -0.3 is 18.9 Å². The van der Waals surface area contributed by atoms with Crippen LogP contribution in [0.5, 0.6) is 0 Å². The fraction of sp³-hybridized carbons (Fsp3) is 0.697. The molecule has 1 N–H and O–H groups in total. The number of esters is 2. The first-order valence-corrected chi connectivity index (χ1v) is 32.1. The van der Waals surface area contributed by atoms with Crippen molar-refractivity contribution in [2.45, 2.75) is 251 Å². The molecule has 0 saturated heterocycles. The van der Waals surface area contributed by atoms with Gasteiger partial charge in [-0.3, -0.25) is 18.6 Å². The zero-order chi connectivity index (χ0) is 55.6. The highest BCUT2D eigenvalue weighted by Crippen LogP contribution is 2.43. The van der Waals surface area contributed by atoms with Crippen LogP contribution in [0.4, 0.5) is 0 Å². The molecule has 436 valence electrons. The molecular formula is C66H115NO8P+. The number of carbonyl (C=O) groups excluding carboxylic acids is 2. The molecule has 0 aromatic rings. The number of hydrogen-bond donors (Lipinski definition) is 1. The molecule has 2 atom stereocenters. The van der Waals surface area contributed by atoms with Gasteiger partial charge >= 0.3 is 19.8 Å². The molecule has 0 saturated carbocycles. The quantitative estimate of drug-likeness (QED) is 0.0211. The third-order valence-corrected chi connectivity index (χ3v) is 13.8. The summed E-state index contributed by atoms with van der Waals surface area (Å²) in [6, 6.07) is 0. The summed E-state index contributed by atoms with van der Waals surface area (Å²) in [6.45, 7) is 4.29. The third-order valence-electron chi connectivity index (χ3n) is 12.8. The van der Waals surface area contributed by atoms with E-state index in [1.54, 1.807) is 0 Å². The van der Waals surface area contributed by atoms with E-state index in [-0.39, 0.29) is 32.0 Å². The minimum absolute atomic E-state index is 0.0258. The molecule has 0 fully saturated rings. The second-order valence-corrected chi connectivity index (χ2v) is 22.8. The Morgan fingerprint density at radius 2 is 0.750 bits per heavy atom. The normalized spacial score (nSPS) is 14.0. The van der Waals surface area contributed by atoms with Gasteiger partial charge in [0.05, 0.1) is 27.7 Å². The highest BCUT2D eigenvalue weighted by atomic mass is 31.2. The van der Waals surface area contributed by atoms with Gasteiger partial charge in [0.15, 0.2) is 6.10 Å². The van der Waals surface area contributed by atoms with Gasteiger partial charge in [-0.2, -0.15) is 0 Å². The second kappa shape index (κ2) is 56.4. The molecule has 0 aliphatic rings. The molecule has 0 aromatic heterocycles. The lowest BCUT2D eigenvalue weighted by atomic mass is 10.0. The van der Waals surface area contributed by atoms with E-state index in [2.05, 4.69) is 123 Å². The Labute approximate surface area is 467 Å². The van der Waals surface area contributed by atoms with Crippen LogP contribution in [0.3, 0.4) is 0 Å². The number of rotatable bonds is 55. The van der Waals surface area contributed by atoms with Crippen molar-refractivity contribution in [1.29, 1.82) is 0 Å². The molecule has 0 rings (SSSR count). The Bertz CT molecular complexity index is 1650. The molecule has 9 nitrogen and oxygen atoms in total. The summed E-state index contributed by atoms with van der Waals surface area (Å²) < 4.78 is 34.6. The molecule has 0 amide bonds. The third kappa shape index (κ3) is 59.9. The summed E-state index contributed by atoms with van der Waals surface area (Å²) in [5, 5.41) is 0. The van der Waals surface area contributed by atoms with E-state index < -0.39 is 26.5 Å². The maximum Gasteiger partial charge on any atom is 0.472 e. The van der Waals surface area contributed by atoms with Gasteiger partial charge in [0.2, 0.25) is 0 Å². The Morgan fingerprint density at radius 1 is 0.421 bits per heavy atom. The average Bonchev–Trinajstić information content (AvgIpc) is 3.38. The van der Waals surface area contributed by atoms with Crippen molar-refractivity contribution >= 4 is 19.8 Å². The van der Waals surface area contributed by atoms with E-state index in [9.17, 15) is 19.0 Å². The largest absolute Gasteiger partial charge is 0.472 e. The second-order valence-electron chi connectivity index (χ2n) is 21.4. The highest BCUT2D eigenvalue weighted by molar-refractivity contribution is 7.47. The molecule has 0 aromatic carbocycles.